The van der Waals surface area contributed by atoms with Gasteiger partial charge in [-0.1, -0.05) is 12.1 Å². The van der Waals surface area contributed by atoms with E-state index in [9.17, 15) is 13.2 Å². The van der Waals surface area contributed by atoms with Crippen LogP contribution in [0.4, 0.5) is 13.2 Å². The van der Waals surface area contributed by atoms with E-state index in [0.29, 0.717) is 5.56 Å². The van der Waals surface area contributed by atoms with Gasteiger partial charge in [0.2, 0.25) is 0 Å². The molecule has 1 nitrogen and oxygen atoms in total. The predicted molar refractivity (Wildman–Crippen MR) is 37.8 cm³/mol. The number of alkyl halides is 2. The highest BCUT2D eigenvalue weighted by Gasteiger charge is 2.11. The van der Waals surface area contributed by atoms with Crippen LogP contribution >= 0.6 is 0 Å². The first-order valence-corrected chi connectivity index (χ1v) is 3.31. The summed E-state index contributed by atoms with van der Waals surface area (Å²) >= 11 is 0. The summed E-state index contributed by atoms with van der Waals surface area (Å²) in [6, 6.07) is 4.01. The molecule has 0 saturated carbocycles. The van der Waals surface area contributed by atoms with Crippen molar-refractivity contribution in [3.05, 3.63) is 29.6 Å². The predicted octanol–water partition coefficient (Wildman–Crippen LogP) is 2.74. The van der Waals surface area contributed by atoms with E-state index in [1.165, 1.54) is 19.1 Å². The van der Waals surface area contributed by atoms with Gasteiger partial charge in [-0.15, -0.1) is 0 Å². The monoisotopic (exact) mass is 176 g/mol. The highest BCUT2D eigenvalue weighted by Crippen LogP contribution is 2.23. The fraction of sp³-hybridized carbons (Fsp3) is 0.250. The summed E-state index contributed by atoms with van der Waals surface area (Å²) in [5.74, 6) is -1.15. The third kappa shape index (κ3) is 1.90. The molecule has 0 saturated heterocycles. The SMILES string of the molecule is Cc1cccc(F)c1OC(F)F. The zero-order valence-electron chi connectivity index (χ0n) is 6.35. The highest BCUT2D eigenvalue weighted by molar-refractivity contribution is 5.33. The van der Waals surface area contributed by atoms with Crippen molar-refractivity contribution in [1.82, 2.24) is 0 Å². The number of ether oxygens (including phenoxy) is 1. The average Bonchev–Trinajstić information content (AvgIpc) is 1.97. The smallest absolute Gasteiger partial charge is 0.387 e. The molecule has 0 unspecified atom stereocenters. The second-order valence-corrected chi connectivity index (χ2v) is 2.26. The van der Waals surface area contributed by atoms with Crippen molar-refractivity contribution in [2.45, 2.75) is 13.5 Å². The van der Waals surface area contributed by atoms with Gasteiger partial charge in [0.1, 0.15) is 0 Å². The lowest BCUT2D eigenvalue weighted by Crippen LogP contribution is -2.04. The zero-order chi connectivity index (χ0) is 9.14. The van der Waals surface area contributed by atoms with E-state index in [4.69, 9.17) is 0 Å². The molecule has 0 aromatic heterocycles. The van der Waals surface area contributed by atoms with Crippen molar-refractivity contribution in [2.24, 2.45) is 0 Å². The Bertz CT molecular complexity index is 253. The first-order valence-electron chi connectivity index (χ1n) is 3.31. The molecule has 0 aliphatic heterocycles. The van der Waals surface area contributed by atoms with Gasteiger partial charge in [-0.2, -0.15) is 8.78 Å². The molecular formula is C8H7F3O. The summed E-state index contributed by atoms with van der Waals surface area (Å²) in [5.41, 5.74) is 0.357. The van der Waals surface area contributed by atoms with Gasteiger partial charge >= 0.3 is 6.61 Å². The van der Waals surface area contributed by atoms with Gasteiger partial charge in [-0.25, -0.2) is 4.39 Å². The standard InChI is InChI=1S/C8H7F3O/c1-5-3-2-4-6(9)7(5)12-8(10)11/h2-4,8H,1H3. The minimum Gasteiger partial charge on any atom is -0.431 e. The fourth-order valence-corrected chi connectivity index (χ4v) is 0.855. The van der Waals surface area contributed by atoms with Crippen LogP contribution in [-0.4, -0.2) is 6.61 Å². The van der Waals surface area contributed by atoms with Crippen molar-refractivity contribution in [3.63, 3.8) is 0 Å². The summed E-state index contributed by atoms with van der Waals surface area (Å²) in [6.45, 7) is -1.48. The summed E-state index contributed by atoms with van der Waals surface area (Å²) in [5, 5.41) is 0. The molecule has 4 heteroatoms. The molecule has 0 radical (unpaired) electrons. The molecule has 0 bridgehead atoms. The van der Waals surface area contributed by atoms with E-state index in [0.717, 1.165) is 6.07 Å². The van der Waals surface area contributed by atoms with Gasteiger partial charge in [0.05, 0.1) is 0 Å². The number of aryl methyl sites for hydroxylation is 1. The topological polar surface area (TPSA) is 9.23 Å². The molecule has 12 heavy (non-hydrogen) atoms. The van der Waals surface area contributed by atoms with E-state index in [1.807, 2.05) is 0 Å². The minimum atomic E-state index is -2.99. The normalized spacial score (nSPS) is 10.4. The number of benzene rings is 1. The second kappa shape index (κ2) is 3.47. The van der Waals surface area contributed by atoms with Crippen LogP contribution in [0.25, 0.3) is 0 Å². The Morgan fingerprint density at radius 2 is 2.00 bits per heavy atom. The van der Waals surface area contributed by atoms with Crippen LogP contribution in [0.3, 0.4) is 0 Å². The van der Waals surface area contributed by atoms with Crippen molar-refractivity contribution < 1.29 is 17.9 Å². The van der Waals surface area contributed by atoms with Gasteiger partial charge in [-0.3, -0.25) is 0 Å². The number of rotatable bonds is 2. The van der Waals surface area contributed by atoms with Crippen LogP contribution in [0.15, 0.2) is 18.2 Å². The molecule has 0 amide bonds. The molecule has 0 spiro atoms. The molecule has 1 rings (SSSR count). The molecule has 0 heterocycles. The third-order valence-corrected chi connectivity index (χ3v) is 1.37. The van der Waals surface area contributed by atoms with E-state index < -0.39 is 12.4 Å². The van der Waals surface area contributed by atoms with Crippen LogP contribution in [0, 0.1) is 12.7 Å². The molecule has 0 aliphatic rings. The van der Waals surface area contributed by atoms with E-state index >= 15 is 0 Å². The van der Waals surface area contributed by atoms with Crippen LogP contribution in [0.5, 0.6) is 5.75 Å². The molecule has 0 fully saturated rings. The van der Waals surface area contributed by atoms with Crippen molar-refractivity contribution in [2.75, 3.05) is 0 Å². The first kappa shape index (κ1) is 8.90. The Morgan fingerprint density at radius 3 is 2.50 bits per heavy atom. The largest absolute Gasteiger partial charge is 0.431 e. The number of hydrogen-bond acceptors (Lipinski definition) is 1. The van der Waals surface area contributed by atoms with Crippen LogP contribution in [-0.2, 0) is 0 Å². The molecule has 66 valence electrons. The first-order chi connectivity index (χ1) is 5.61. The zero-order valence-corrected chi connectivity index (χ0v) is 6.35. The minimum absolute atomic E-state index is 0.357. The van der Waals surface area contributed by atoms with Gasteiger partial charge in [0.15, 0.2) is 11.6 Å². The Balaban J connectivity index is 2.96. The van der Waals surface area contributed by atoms with E-state index in [2.05, 4.69) is 4.74 Å². The van der Waals surface area contributed by atoms with Gasteiger partial charge in [0, 0.05) is 0 Å². The van der Waals surface area contributed by atoms with Crippen LogP contribution < -0.4 is 4.74 Å². The summed E-state index contributed by atoms with van der Waals surface area (Å²) in [4.78, 5) is 0. The molecular weight excluding hydrogens is 169 g/mol. The molecule has 0 aliphatic carbocycles. The Labute approximate surface area is 67.8 Å². The molecule has 1 aromatic rings. The summed E-state index contributed by atoms with van der Waals surface area (Å²) < 4.78 is 40.1. The van der Waals surface area contributed by atoms with Crippen molar-refractivity contribution in [3.8, 4) is 5.75 Å². The Kier molecular flexibility index (Phi) is 2.58. The average molecular weight is 176 g/mol. The maximum absolute atomic E-state index is 12.8. The second-order valence-electron chi connectivity index (χ2n) is 2.26. The lowest BCUT2D eigenvalue weighted by Gasteiger charge is -2.07. The lowest BCUT2D eigenvalue weighted by molar-refractivity contribution is -0.0526. The van der Waals surface area contributed by atoms with Gasteiger partial charge in [-0.05, 0) is 18.6 Å². The molecule has 0 N–H and O–H groups in total. The summed E-state index contributed by atoms with van der Waals surface area (Å²) in [7, 11) is 0. The van der Waals surface area contributed by atoms with Crippen molar-refractivity contribution in [1.29, 1.82) is 0 Å². The molecule has 0 atom stereocenters. The Hall–Kier alpha value is -1.19. The lowest BCUT2D eigenvalue weighted by atomic mass is 10.2. The fourth-order valence-electron chi connectivity index (χ4n) is 0.855. The maximum atomic E-state index is 12.8. The van der Waals surface area contributed by atoms with Gasteiger partial charge in [0.25, 0.3) is 0 Å². The summed E-state index contributed by atoms with van der Waals surface area (Å²) in [6.07, 6.45) is 0. The Morgan fingerprint density at radius 1 is 1.33 bits per heavy atom. The molecule has 1 aromatic carbocycles. The quantitative estimate of drug-likeness (QED) is 0.673. The number of para-hydroxylation sites is 1. The van der Waals surface area contributed by atoms with Crippen LogP contribution in [0.1, 0.15) is 5.56 Å². The van der Waals surface area contributed by atoms with Crippen molar-refractivity contribution >= 4 is 0 Å². The van der Waals surface area contributed by atoms with E-state index in [-0.39, 0.29) is 5.75 Å². The van der Waals surface area contributed by atoms with Crippen LogP contribution in [0.2, 0.25) is 0 Å². The highest BCUT2D eigenvalue weighted by atomic mass is 19.3. The van der Waals surface area contributed by atoms with Gasteiger partial charge < -0.3 is 4.74 Å². The third-order valence-electron chi connectivity index (χ3n) is 1.37. The number of hydrogen-bond donors (Lipinski definition) is 0. The van der Waals surface area contributed by atoms with E-state index in [1.54, 1.807) is 0 Å². The maximum Gasteiger partial charge on any atom is 0.387 e. The number of halogens is 3.